The molecule has 0 radical (unpaired) electrons. The molecule has 0 bridgehead atoms. The first-order chi connectivity index (χ1) is 11.5. The molecule has 5 heteroatoms. The number of ether oxygens (including phenoxy) is 1. The lowest BCUT2D eigenvalue weighted by Crippen LogP contribution is -2.30. The van der Waals surface area contributed by atoms with Crippen LogP contribution in [-0.4, -0.2) is 12.0 Å². The summed E-state index contributed by atoms with van der Waals surface area (Å²) in [7, 11) is 0. The summed E-state index contributed by atoms with van der Waals surface area (Å²) in [5.41, 5.74) is 3.27. The Kier molecular flexibility index (Phi) is 5.32. The van der Waals surface area contributed by atoms with E-state index in [1.54, 1.807) is 25.1 Å². The molecule has 1 amide bonds. The largest absolute Gasteiger partial charge is 0.481 e. The molecule has 0 saturated carbocycles. The maximum Gasteiger partial charge on any atom is 0.265 e. The van der Waals surface area contributed by atoms with E-state index in [0.717, 1.165) is 18.6 Å². The van der Waals surface area contributed by atoms with Crippen LogP contribution >= 0.6 is 23.2 Å². The topological polar surface area (TPSA) is 38.3 Å². The van der Waals surface area contributed by atoms with Crippen molar-refractivity contribution in [2.24, 2.45) is 0 Å². The smallest absolute Gasteiger partial charge is 0.265 e. The van der Waals surface area contributed by atoms with Crippen molar-refractivity contribution in [2.45, 2.75) is 38.7 Å². The van der Waals surface area contributed by atoms with Gasteiger partial charge < -0.3 is 10.1 Å². The second-order valence-electron chi connectivity index (χ2n) is 6.05. The fourth-order valence-corrected chi connectivity index (χ4v) is 3.44. The van der Waals surface area contributed by atoms with Crippen LogP contribution in [0.25, 0.3) is 0 Å². The Bertz CT molecular complexity index is 741. The number of anilines is 1. The molecule has 0 heterocycles. The fraction of sp³-hybridized carbons (Fsp3) is 0.316. The van der Waals surface area contributed by atoms with Crippen molar-refractivity contribution in [1.29, 1.82) is 0 Å². The molecule has 24 heavy (non-hydrogen) atoms. The zero-order chi connectivity index (χ0) is 17.1. The Morgan fingerprint density at radius 3 is 2.42 bits per heavy atom. The standard InChI is InChI=1S/C19H19Cl2NO2/c1-12(19(23)22-17-10-15(20)9-16(21)11-17)24-18-7-6-13-4-2-3-5-14(13)8-18/h6-12H,2-5H2,1H3,(H,22,23)/t12-/m1/s1. The van der Waals surface area contributed by atoms with Gasteiger partial charge in [0, 0.05) is 15.7 Å². The van der Waals surface area contributed by atoms with Crippen molar-refractivity contribution in [2.75, 3.05) is 5.32 Å². The monoisotopic (exact) mass is 363 g/mol. The number of benzene rings is 2. The highest BCUT2D eigenvalue weighted by Gasteiger charge is 2.17. The molecule has 2 aromatic rings. The second kappa shape index (κ2) is 7.45. The van der Waals surface area contributed by atoms with E-state index in [9.17, 15) is 4.79 Å². The highest BCUT2D eigenvalue weighted by Crippen LogP contribution is 2.26. The third kappa shape index (κ3) is 4.22. The first-order valence-corrected chi connectivity index (χ1v) is 8.82. The summed E-state index contributed by atoms with van der Waals surface area (Å²) in [6, 6.07) is 11.0. The van der Waals surface area contributed by atoms with Gasteiger partial charge in [0.2, 0.25) is 0 Å². The van der Waals surface area contributed by atoms with Crippen LogP contribution in [-0.2, 0) is 17.6 Å². The Balaban J connectivity index is 1.65. The predicted octanol–water partition coefficient (Wildman–Crippen LogP) is 5.28. The molecular formula is C19H19Cl2NO2. The van der Waals surface area contributed by atoms with Gasteiger partial charge in [0.1, 0.15) is 5.75 Å². The molecule has 0 saturated heterocycles. The van der Waals surface area contributed by atoms with Gasteiger partial charge in [-0.1, -0.05) is 29.3 Å². The minimum absolute atomic E-state index is 0.244. The first kappa shape index (κ1) is 17.1. The summed E-state index contributed by atoms with van der Waals surface area (Å²) >= 11 is 11.9. The molecule has 1 aliphatic rings. The van der Waals surface area contributed by atoms with Crippen LogP contribution in [0.15, 0.2) is 36.4 Å². The number of rotatable bonds is 4. The average molecular weight is 364 g/mol. The van der Waals surface area contributed by atoms with Crippen molar-refractivity contribution in [3.63, 3.8) is 0 Å². The van der Waals surface area contributed by atoms with Crippen molar-refractivity contribution in [3.8, 4) is 5.75 Å². The fourth-order valence-electron chi connectivity index (χ4n) is 2.91. The molecular weight excluding hydrogens is 345 g/mol. The number of carbonyl (C=O) groups excluding carboxylic acids is 1. The van der Waals surface area contributed by atoms with E-state index in [1.807, 2.05) is 6.07 Å². The molecule has 1 aliphatic carbocycles. The molecule has 3 nitrogen and oxygen atoms in total. The third-order valence-corrected chi connectivity index (χ3v) is 4.57. The van der Waals surface area contributed by atoms with Crippen molar-refractivity contribution < 1.29 is 9.53 Å². The summed E-state index contributed by atoms with van der Waals surface area (Å²) in [4.78, 5) is 12.3. The van der Waals surface area contributed by atoms with Gasteiger partial charge in [0.25, 0.3) is 5.91 Å². The maximum atomic E-state index is 12.3. The summed E-state index contributed by atoms with van der Waals surface area (Å²) in [6.07, 6.45) is 4.04. The summed E-state index contributed by atoms with van der Waals surface area (Å²) in [5.74, 6) is 0.480. The highest BCUT2D eigenvalue weighted by atomic mass is 35.5. The normalized spacial score (nSPS) is 14.6. The number of nitrogens with one attached hydrogen (secondary N) is 1. The predicted molar refractivity (Wildman–Crippen MR) is 98.3 cm³/mol. The van der Waals surface area contributed by atoms with Crippen LogP contribution in [0.4, 0.5) is 5.69 Å². The molecule has 3 rings (SSSR count). The molecule has 0 spiro atoms. The van der Waals surface area contributed by atoms with E-state index < -0.39 is 6.10 Å². The van der Waals surface area contributed by atoms with Crippen LogP contribution in [0, 0.1) is 0 Å². The lowest BCUT2D eigenvalue weighted by molar-refractivity contribution is -0.122. The molecule has 1 N–H and O–H groups in total. The van der Waals surface area contributed by atoms with Crippen LogP contribution in [0.1, 0.15) is 30.9 Å². The van der Waals surface area contributed by atoms with Gasteiger partial charge in [-0.2, -0.15) is 0 Å². The number of aryl methyl sites for hydroxylation is 2. The Morgan fingerprint density at radius 2 is 1.71 bits per heavy atom. The number of hydrogen-bond donors (Lipinski definition) is 1. The number of hydrogen-bond acceptors (Lipinski definition) is 2. The number of amides is 1. The lowest BCUT2D eigenvalue weighted by Gasteiger charge is -2.19. The van der Waals surface area contributed by atoms with Gasteiger partial charge in [0.15, 0.2) is 6.10 Å². The Labute approximate surface area is 151 Å². The summed E-state index contributed by atoms with van der Waals surface area (Å²) in [6.45, 7) is 1.72. The molecule has 0 unspecified atom stereocenters. The van der Waals surface area contributed by atoms with Gasteiger partial charge in [-0.3, -0.25) is 4.79 Å². The van der Waals surface area contributed by atoms with Gasteiger partial charge in [-0.05, 0) is 74.1 Å². The number of fused-ring (bicyclic) bond motifs is 1. The van der Waals surface area contributed by atoms with Gasteiger partial charge in [-0.25, -0.2) is 0 Å². The van der Waals surface area contributed by atoms with E-state index >= 15 is 0 Å². The Hall–Kier alpha value is -1.71. The average Bonchev–Trinajstić information content (AvgIpc) is 2.53. The second-order valence-corrected chi connectivity index (χ2v) is 6.92. The van der Waals surface area contributed by atoms with Crippen molar-refractivity contribution in [1.82, 2.24) is 0 Å². The molecule has 0 aliphatic heterocycles. The van der Waals surface area contributed by atoms with Crippen LogP contribution in [0.2, 0.25) is 10.0 Å². The maximum absolute atomic E-state index is 12.3. The van der Waals surface area contributed by atoms with E-state index in [2.05, 4.69) is 17.4 Å². The number of carbonyl (C=O) groups is 1. The van der Waals surface area contributed by atoms with Gasteiger partial charge in [-0.15, -0.1) is 0 Å². The van der Waals surface area contributed by atoms with Crippen molar-refractivity contribution in [3.05, 3.63) is 57.6 Å². The summed E-state index contributed by atoms with van der Waals surface area (Å²) in [5, 5.41) is 3.72. The zero-order valence-corrected chi connectivity index (χ0v) is 15.0. The molecule has 2 aromatic carbocycles. The highest BCUT2D eigenvalue weighted by molar-refractivity contribution is 6.35. The zero-order valence-electron chi connectivity index (χ0n) is 13.4. The number of halogens is 2. The summed E-state index contributed by atoms with van der Waals surface area (Å²) < 4.78 is 5.80. The van der Waals surface area contributed by atoms with E-state index in [0.29, 0.717) is 15.7 Å². The van der Waals surface area contributed by atoms with Crippen LogP contribution in [0.3, 0.4) is 0 Å². The van der Waals surface area contributed by atoms with E-state index in [-0.39, 0.29) is 5.91 Å². The lowest BCUT2D eigenvalue weighted by atomic mass is 9.92. The van der Waals surface area contributed by atoms with Crippen LogP contribution < -0.4 is 10.1 Å². The quantitative estimate of drug-likeness (QED) is 0.802. The van der Waals surface area contributed by atoms with E-state index in [4.69, 9.17) is 27.9 Å². The minimum atomic E-state index is -0.621. The van der Waals surface area contributed by atoms with E-state index in [1.165, 1.54) is 24.0 Å². The minimum Gasteiger partial charge on any atom is -0.481 e. The van der Waals surface area contributed by atoms with Crippen molar-refractivity contribution >= 4 is 34.8 Å². The molecule has 0 aromatic heterocycles. The Morgan fingerprint density at radius 1 is 1.04 bits per heavy atom. The third-order valence-electron chi connectivity index (χ3n) is 4.13. The van der Waals surface area contributed by atoms with Crippen LogP contribution in [0.5, 0.6) is 5.75 Å². The molecule has 126 valence electrons. The molecule has 0 fully saturated rings. The SMILES string of the molecule is C[C@@H](Oc1ccc2c(c1)CCCC2)C(=O)Nc1cc(Cl)cc(Cl)c1. The first-order valence-electron chi connectivity index (χ1n) is 8.07. The van der Waals surface area contributed by atoms with Gasteiger partial charge in [0.05, 0.1) is 0 Å². The van der Waals surface area contributed by atoms with Gasteiger partial charge >= 0.3 is 0 Å². The molecule has 1 atom stereocenters.